The largest absolute Gasteiger partial charge is 0.495 e. The Morgan fingerprint density at radius 1 is 1.14 bits per heavy atom. The maximum atomic E-state index is 5.53. The van der Waals surface area contributed by atoms with Gasteiger partial charge in [-0.25, -0.2) is 0 Å². The van der Waals surface area contributed by atoms with Crippen LogP contribution >= 0.6 is 11.3 Å². The second-order valence-electron chi connectivity index (χ2n) is 6.46. The van der Waals surface area contributed by atoms with E-state index in [1.807, 2.05) is 11.3 Å². The molecule has 0 fully saturated rings. The fourth-order valence-corrected chi connectivity index (χ4v) is 3.89. The normalized spacial score (nSPS) is 11.8. The molecular formula is C18H27NOS. The third kappa shape index (κ3) is 3.98. The van der Waals surface area contributed by atoms with Gasteiger partial charge in [-0.3, -0.25) is 0 Å². The summed E-state index contributed by atoms with van der Waals surface area (Å²) >= 11 is 1.88. The second kappa shape index (κ2) is 7.28. The number of thiophene rings is 1. The van der Waals surface area contributed by atoms with Crippen LogP contribution in [0.2, 0.25) is 0 Å². The van der Waals surface area contributed by atoms with Gasteiger partial charge in [0.05, 0.1) is 11.8 Å². The van der Waals surface area contributed by atoms with Gasteiger partial charge in [0, 0.05) is 11.4 Å². The summed E-state index contributed by atoms with van der Waals surface area (Å²) in [5.74, 6) is 2.35. The molecule has 1 heterocycles. The van der Waals surface area contributed by atoms with E-state index in [2.05, 4.69) is 51.2 Å². The number of rotatable bonds is 7. The molecule has 0 spiro atoms. The number of nitrogens with one attached hydrogen (secondary N) is 1. The maximum absolute atomic E-state index is 5.53. The van der Waals surface area contributed by atoms with E-state index in [1.165, 1.54) is 20.5 Å². The Balaban J connectivity index is 2.37. The molecule has 1 aromatic carbocycles. The van der Waals surface area contributed by atoms with Crippen LogP contribution in [0.25, 0.3) is 10.1 Å². The zero-order valence-electron chi connectivity index (χ0n) is 13.8. The molecule has 0 aliphatic carbocycles. The summed E-state index contributed by atoms with van der Waals surface area (Å²) in [5, 5.41) is 4.95. The third-order valence-corrected chi connectivity index (χ3v) is 4.80. The van der Waals surface area contributed by atoms with E-state index in [9.17, 15) is 0 Å². The van der Waals surface area contributed by atoms with Crippen molar-refractivity contribution in [2.24, 2.45) is 11.8 Å². The van der Waals surface area contributed by atoms with Crippen molar-refractivity contribution in [1.29, 1.82) is 0 Å². The predicted octanol–water partition coefficient (Wildman–Crippen LogP) is 4.85. The second-order valence-corrected chi connectivity index (χ2v) is 7.57. The molecular weight excluding hydrogens is 278 g/mol. The van der Waals surface area contributed by atoms with Crippen molar-refractivity contribution in [3.05, 3.63) is 28.6 Å². The first-order chi connectivity index (χ1) is 10.0. The first-order valence-corrected chi connectivity index (χ1v) is 8.62. The summed E-state index contributed by atoms with van der Waals surface area (Å²) < 4.78 is 6.82. The summed E-state index contributed by atoms with van der Waals surface area (Å²) in [6.07, 6.45) is 1.13. The Morgan fingerprint density at radius 3 is 2.52 bits per heavy atom. The van der Waals surface area contributed by atoms with Crippen molar-refractivity contribution >= 4 is 21.4 Å². The molecule has 0 aliphatic heterocycles. The lowest BCUT2D eigenvalue weighted by atomic mass is 9.99. The van der Waals surface area contributed by atoms with E-state index in [4.69, 9.17) is 4.74 Å². The smallest absolute Gasteiger partial charge is 0.136 e. The Morgan fingerprint density at radius 2 is 1.90 bits per heavy atom. The Bertz CT molecular complexity index is 586. The lowest BCUT2D eigenvalue weighted by molar-refractivity contribution is 0.420. The van der Waals surface area contributed by atoms with Crippen LogP contribution in [0.3, 0.4) is 0 Å². The summed E-state index contributed by atoms with van der Waals surface area (Å²) in [6, 6.07) is 6.39. The van der Waals surface area contributed by atoms with E-state index >= 15 is 0 Å². The monoisotopic (exact) mass is 305 g/mol. The quantitative estimate of drug-likeness (QED) is 0.789. The van der Waals surface area contributed by atoms with Gasteiger partial charge in [-0.05, 0) is 41.8 Å². The number of hydrogen-bond donors (Lipinski definition) is 1. The Hall–Kier alpha value is -1.06. The number of fused-ring (bicyclic) bond motifs is 1. The number of methoxy groups -OCH3 is 1. The predicted molar refractivity (Wildman–Crippen MR) is 93.5 cm³/mol. The van der Waals surface area contributed by atoms with Crippen molar-refractivity contribution in [3.8, 4) is 5.75 Å². The van der Waals surface area contributed by atoms with E-state index in [0.717, 1.165) is 25.3 Å². The SMILES string of the molecule is COc1cccc2c(CC(C)C)c(CNCC(C)C)sc12. The highest BCUT2D eigenvalue weighted by atomic mass is 32.1. The molecule has 1 aromatic heterocycles. The fourth-order valence-electron chi connectivity index (χ4n) is 2.60. The van der Waals surface area contributed by atoms with Crippen molar-refractivity contribution in [2.75, 3.05) is 13.7 Å². The molecule has 0 atom stereocenters. The molecule has 21 heavy (non-hydrogen) atoms. The van der Waals surface area contributed by atoms with Crippen LogP contribution in [-0.2, 0) is 13.0 Å². The summed E-state index contributed by atoms with van der Waals surface area (Å²) in [6.45, 7) is 11.1. The first-order valence-electron chi connectivity index (χ1n) is 7.80. The number of benzene rings is 1. The van der Waals surface area contributed by atoms with Gasteiger partial charge in [0.2, 0.25) is 0 Å². The maximum Gasteiger partial charge on any atom is 0.136 e. The van der Waals surface area contributed by atoms with Crippen LogP contribution in [0, 0.1) is 11.8 Å². The van der Waals surface area contributed by atoms with E-state index in [0.29, 0.717) is 11.8 Å². The Labute approximate surface area is 132 Å². The molecule has 2 rings (SSSR count). The molecule has 0 radical (unpaired) electrons. The molecule has 1 N–H and O–H groups in total. The zero-order valence-corrected chi connectivity index (χ0v) is 14.6. The minimum Gasteiger partial charge on any atom is -0.495 e. The van der Waals surface area contributed by atoms with Crippen LogP contribution in [0.5, 0.6) is 5.75 Å². The van der Waals surface area contributed by atoms with Gasteiger partial charge >= 0.3 is 0 Å². The first kappa shape index (κ1) is 16.3. The molecule has 2 aromatic rings. The minimum atomic E-state index is 0.665. The van der Waals surface area contributed by atoms with E-state index < -0.39 is 0 Å². The fraction of sp³-hybridized carbons (Fsp3) is 0.556. The molecule has 0 saturated carbocycles. The lowest BCUT2D eigenvalue weighted by Crippen LogP contribution is -2.19. The van der Waals surface area contributed by atoms with Crippen molar-refractivity contribution in [3.63, 3.8) is 0 Å². The van der Waals surface area contributed by atoms with Gasteiger partial charge in [0.15, 0.2) is 0 Å². The number of ether oxygens (including phenoxy) is 1. The topological polar surface area (TPSA) is 21.3 Å². The molecule has 3 heteroatoms. The molecule has 0 bridgehead atoms. The lowest BCUT2D eigenvalue weighted by Gasteiger charge is -2.10. The van der Waals surface area contributed by atoms with Crippen LogP contribution in [0.15, 0.2) is 18.2 Å². The summed E-state index contributed by atoms with van der Waals surface area (Å²) in [5.41, 5.74) is 1.50. The average molecular weight is 305 g/mol. The molecule has 0 saturated heterocycles. The highest BCUT2D eigenvalue weighted by molar-refractivity contribution is 7.19. The zero-order chi connectivity index (χ0) is 15.4. The van der Waals surface area contributed by atoms with Gasteiger partial charge < -0.3 is 10.1 Å². The highest BCUT2D eigenvalue weighted by Gasteiger charge is 2.15. The molecule has 0 aliphatic rings. The molecule has 116 valence electrons. The van der Waals surface area contributed by atoms with E-state index in [-0.39, 0.29) is 0 Å². The van der Waals surface area contributed by atoms with Crippen LogP contribution in [0.1, 0.15) is 38.1 Å². The van der Waals surface area contributed by atoms with Crippen LogP contribution < -0.4 is 10.1 Å². The molecule has 2 nitrogen and oxygen atoms in total. The van der Waals surface area contributed by atoms with Gasteiger partial charge in [0.25, 0.3) is 0 Å². The molecule has 0 amide bonds. The van der Waals surface area contributed by atoms with Gasteiger partial charge in [-0.1, -0.05) is 39.8 Å². The summed E-state index contributed by atoms with van der Waals surface area (Å²) in [7, 11) is 1.76. The Kier molecular flexibility index (Phi) is 5.65. The van der Waals surface area contributed by atoms with Crippen molar-refractivity contribution in [1.82, 2.24) is 5.32 Å². The standard InChI is InChI=1S/C18H27NOS/c1-12(2)9-15-14-7-6-8-16(20-5)18(14)21-17(15)11-19-10-13(3)4/h6-8,12-13,19H,9-11H2,1-5H3. The highest BCUT2D eigenvalue weighted by Crippen LogP contribution is 2.38. The van der Waals surface area contributed by atoms with Crippen molar-refractivity contribution in [2.45, 2.75) is 40.7 Å². The van der Waals surface area contributed by atoms with Gasteiger partial charge in [-0.2, -0.15) is 0 Å². The van der Waals surface area contributed by atoms with Crippen LogP contribution in [-0.4, -0.2) is 13.7 Å². The number of hydrogen-bond acceptors (Lipinski definition) is 3. The molecule has 0 unspecified atom stereocenters. The van der Waals surface area contributed by atoms with Crippen molar-refractivity contribution < 1.29 is 4.74 Å². The van der Waals surface area contributed by atoms with Gasteiger partial charge in [0.1, 0.15) is 5.75 Å². The minimum absolute atomic E-state index is 0.665. The van der Waals surface area contributed by atoms with E-state index in [1.54, 1.807) is 7.11 Å². The van der Waals surface area contributed by atoms with Crippen LogP contribution in [0.4, 0.5) is 0 Å². The summed E-state index contributed by atoms with van der Waals surface area (Å²) in [4.78, 5) is 1.46. The average Bonchev–Trinajstić information content (AvgIpc) is 2.76. The third-order valence-electron chi connectivity index (χ3n) is 3.54. The van der Waals surface area contributed by atoms with Gasteiger partial charge in [-0.15, -0.1) is 11.3 Å².